The number of carbonyl (C=O) groups is 1. The van der Waals surface area contributed by atoms with E-state index in [-0.39, 0.29) is 23.3 Å². The first-order chi connectivity index (χ1) is 15.9. The normalized spacial score (nSPS) is 16.8. The number of nitrogens with one attached hydrogen (secondary N) is 2. The summed E-state index contributed by atoms with van der Waals surface area (Å²) in [5.74, 6) is 0.456. The second-order valence-corrected chi connectivity index (χ2v) is 7.64. The van der Waals surface area contributed by atoms with E-state index in [0.717, 1.165) is 25.2 Å². The van der Waals surface area contributed by atoms with Crippen LogP contribution in [-0.2, 0) is 11.0 Å². The molecular formula is C20H18F3N9O. The summed E-state index contributed by atoms with van der Waals surface area (Å²) in [5, 5.41) is 9.30. The maximum Gasteiger partial charge on any atom is 0.434 e. The monoisotopic (exact) mass is 457 g/mol. The zero-order valence-electron chi connectivity index (χ0n) is 17.1. The highest BCUT2D eigenvalue weighted by molar-refractivity contribution is 5.92. The van der Waals surface area contributed by atoms with Gasteiger partial charge in [0.15, 0.2) is 17.2 Å². The molecule has 0 bridgehead atoms. The Balaban J connectivity index is 1.40. The van der Waals surface area contributed by atoms with Crippen LogP contribution < -0.4 is 10.2 Å². The van der Waals surface area contributed by atoms with Crippen LogP contribution in [0.3, 0.4) is 0 Å². The van der Waals surface area contributed by atoms with Crippen molar-refractivity contribution in [1.29, 1.82) is 0 Å². The molecule has 1 fully saturated rings. The third-order valence-corrected chi connectivity index (χ3v) is 5.44. The first-order valence-electron chi connectivity index (χ1n) is 10.2. The van der Waals surface area contributed by atoms with E-state index in [4.69, 9.17) is 0 Å². The Morgan fingerprint density at radius 2 is 2.06 bits per heavy atom. The maximum atomic E-state index is 13.1. The molecule has 1 saturated heterocycles. The highest BCUT2D eigenvalue weighted by Gasteiger charge is 2.33. The van der Waals surface area contributed by atoms with Crippen molar-refractivity contribution in [3.05, 3.63) is 48.9 Å². The molecule has 0 radical (unpaired) electrons. The van der Waals surface area contributed by atoms with Crippen LogP contribution in [0.25, 0.3) is 17.2 Å². The summed E-state index contributed by atoms with van der Waals surface area (Å²) in [7, 11) is 0. The molecule has 1 atom stereocenters. The number of nitrogens with zero attached hydrogens (tertiary/aromatic N) is 7. The van der Waals surface area contributed by atoms with Crippen molar-refractivity contribution < 1.29 is 18.0 Å². The molecular weight excluding hydrogens is 439 g/mol. The molecule has 170 valence electrons. The van der Waals surface area contributed by atoms with Gasteiger partial charge in [-0.1, -0.05) is 0 Å². The van der Waals surface area contributed by atoms with E-state index in [1.54, 1.807) is 12.3 Å². The predicted molar refractivity (Wildman–Crippen MR) is 111 cm³/mol. The van der Waals surface area contributed by atoms with Crippen molar-refractivity contribution in [3.8, 4) is 11.5 Å². The van der Waals surface area contributed by atoms with Crippen LogP contribution in [0, 0.1) is 5.92 Å². The molecule has 1 aliphatic heterocycles. The number of hydrogen-bond donors (Lipinski definition) is 2. The van der Waals surface area contributed by atoms with Crippen molar-refractivity contribution in [2.24, 2.45) is 5.92 Å². The average Bonchev–Trinajstić information content (AvgIpc) is 3.48. The van der Waals surface area contributed by atoms with E-state index in [0.29, 0.717) is 30.3 Å². The quantitative estimate of drug-likeness (QED) is 0.484. The van der Waals surface area contributed by atoms with Gasteiger partial charge in [0.2, 0.25) is 5.91 Å². The number of aromatic amines is 1. The molecule has 13 heteroatoms. The number of anilines is 2. The number of carbonyl (C=O) groups excluding carboxylic acids is 1. The second-order valence-electron chi connectivity index (χ2n) is 7.64. The van der Waals surface area contributed by atoms with E-state index >= 15 is 0 Å². The van der Waals surface area contributed by atoms with E-state index in [2.05, 4.69) is 35.5 Å². The number of amides is 1. The molecule has 33 heavy (non-hydrogen) atoms. The summed E-state index contributed by atoms with van der Waals surface area (Å²) in [6.07, 6.45) is 4.96. The Labute approximate surface area is 184 Å². The molecule has 0 aliphatic carbocycles. The molecule has 0 unspecified atom stereocenters. The number of hydrogen-bond acceptors (Lipinski definition) is 7. The fourth-order valence-electron chi connectivity index (χ4n) is 3.81. The average molecular weight is 457 g/mol. The Kier molecular flexibility index (Phi) is 5.15. The molecule has 2 N–H and O–H groups in total. The number of imidazole rings is 1. The standard InChI is InChI=1S/C20H18F3N9O/c21-20(22,23)15-11-32-14(8-26-17(32)9-25-15)18-24-4-3-16(30-18)31-5-1-2-12(10-31)19(33)29-13-6-27-28-7-13/h3-4,6-9,11-12H,1-2,5,10H2,(H,27,28)(H,29,33)/t12-/m1/s1. The van der Waals surface area contributed by atoms with E-state index < -0.39 is 11.9 Å². The van der Waals surface area contributed by atoms with Gasteiger partial charge in [-0.15, -0.1) is 0 Å². The van der Waals surface area contributed by atoms with Crippen LogP contribution in [0.2, 0.25) is 0 Å². The van der Waals surface area contributed by atoms with Gasteiger partial charge in [0, 0.05) is 31.7 Å². The van der Waals surface area contributed by atoms with Crippen LogP contribution in [0.4, 0.5) is 24.7 Å². The summed E-state index contributed by atoms with van der Waals surface area (Å²) in [4.78, 5) is 30.9. The van der Waals surface area contributed by atoms with E-state index in [1.165, 1.54) is 23.0 Å². The number of alkyl halides is 3. The first-order valence-corrected chi connectivity index (χ1v) is 10.2. The predicted octanol–water partition coefficient (Wildman–Crippen LogP) is 2.78. The number of rotatable bonds is 4. The Morgan fingerprint density at radius 3 is 2.85 bits per heavy atom. The van der Waals surface area contributed by atoms with Crippen molar-refractivity contribution in [2.75, 3.05) is 23.3 Å². The van der Waals surface area contributed by atoms with Gasteiger partial charge in [-0.3, -0.25) is 14.3 Å². The van der Waals surface area contributed by atoms with Gasteiger partial charge in [0.05, 0.1) is 30.2 Å². The molecule has 0 saturated carbocycles. The number of H-pyrrole nitrogens is 1. The molecule has 0 spiro atoms. The molecule has 10 nitrogen and oxygen atoms in total. The maximum absolute atomic E-state index is 13.1. The van der Waals surface area contributed by atoms with Crippen LogP contribution in [0.15, 0.2) is 43.2 Å². The lowest BCUT2D eigenvalue weighted by Gasteiger charge is -2.32. The van der Waals surface area contributed by atoms with Crippen LogP contribution >= 0.6 is 0 Å². The lowest BCUT2D eigenvalue weighted by atomic mass is 9.97. The number of piperidine rings is 1. The summed E-state index contributed by atoms with van der Waals surface area (Å²) in [6, 6.07) is 1.71. The first kappa shape index (κ1) is 20.8. The minimum Gasteiger partial charge on any atom is -0.356 e. The van der Waals surface area contributed by atoms with E-state index in [1.807, 2.05) is 4.90 Å². The lowest BCUT2D eigenvalue weighted by molar-refractivity contribution is -0.141. The topological polar surface area (TPSA) is 117 Å². The smallest absolute Gasteiger partial charge is 0.356 e. The van der Waals surface area contributed by atoms with Gasteiger partial charge in [-0.25, -0.2) is 19.9 Å². The molecule has 1 aliphatic rings. The van der Waals surface area contributed by atoms with Crippen molar-refractivity contribution in [1.82, 2.24) is 34.5 Å². The van der Waals surface area contributed by atoms with Gasteiger partial charge in [-0.05, 0) is 18.9 Å². The van der Waals surface area contributed by atoms with Crippen molar-refractivity contribution in [3.63, 3.8) is 0 Å². The Hall–Kier alpha value is -4.03. The largest absolute Gasteiger partial charge is 0.434 e. The zero-order valence-corrected chi connectivity index (χ0v) is 17.1. The lowest BCUT2D eigenvalue weighted by Crippen LogP contribution is -2.41. The molecule has 1 amide bonds. The zero-order chi connectivity index (χ0) is 23.0. The summed E-state index contributed by atoms with van der Waals surface area (Å²) in [5.41, 5.74) is 0.127. The fraction of sp³-hybridized carbons (Fsp3) is 0.300. The highest BCUT2D eigenvalue weighted by atomic mass is 19.4. The van der Waals surface area contributed by atoms with Gasteiger partial charge >= 0.3 is 6.18 Å². The molecule has 4 aromatic heterocycles. The molecule has 4 aromatic rings. The third kappa shape index (κ3) is 4.21. The minimum atomic E-state index is -4.59. The summed E-state index contributed by atoms with van der Waals surface area (Å²) >= 11 is 0. The van der Waals surface area contributed by atoms with E-state index in [9.17, 15) is 18.0 Å². The highest BCUT2D eigenvalue weighted by Crippen LogP contribution is 2.29. The molecule has 5 rings (SSSR count). The second kappa shape index (κ2) is 8.15. The summed E-state index contributed by atoms with van der Waals surface area (Å²) in [6.45, 7) is 1.15. The SMILES string of the molecule is O=C(Nc1cn[nH]c1)[C@@H]1CCCN(c2ccnc(-c3cnc4cnc(C(F)(F)F)cn34)n2)C1. The Bertz CT molecular complexity index is 1290. The van der Waals surface area contributed by atoms with Crippen LogP contribution in [-0.4, -0.2) is 53.5 Å². The molecule has 0 aromatic carbocycles. The molecule has 5 heterocycles. The number of aromatic nitrogens is 7. The van der Waals surface area contributed by atoms with Gasteiger partial charge < -0.3 is 10.2 Å². The third-order valence-electron chi connectivity index (χ3n) is 5.44. The van der Waals surface area contributed by atoms with Crippen molar-refractivity contribution in [2.45, 2.75) is 19.0 Å². The van der Waals surface area contributed by atoms with Crippen LogP contribution in [0.1, 0.15) is 18.5 Å². The van der Waals surface area contributed by atoms with Crippen molar-refractivity contribution >= 4 is 23.1 Å². The number of fused-ring (bicyclic) bond motifs is 1. The van der Waals surface area contributed by atoms with Gasteiger partial charge in [-0.2, -0.15) is 18.3 Å². The van der Waals surface area contributed by atoms with Crippen LogP contribution in [0.5, 0.6) is 0 Å². The van der Waals surface area contributed by atoms with Gasteiger partial charge in [0.1, 0.15) is 11.5 Å². The minimum absolute atomic E-state index is 0.107. The number of halogens is 3. The summed E-state index contributed by atoms with van der Waals surface area (Å²) < 4.78 is 40.6. The van der Waals surface area contributed by atoms with Gasteiger partial charge in [0.25, 0.3) is 0 Å². The fourth-order valence-corrected chi connectivity index (χ4v) is 3.81. The Morgan fingerprint density at radius 1 is 1.18 bits per heavy atom.